The second kappa shape index (κ2) is 4.61. The first-order valence-electron chi connectivity index (χ1n) is 5.01. The Morgan fingerprint density at radius 1 is 1.38 bits per heavy atom. The van der Waals surface area contributed by atoms with Gasteiger partial charge in [-0.2, -0.15) is 0 Å². The van der Waals surface area contributed by atoms with Crippen LogP contribution < -0.4 is 5.32 Å². The Morgan fingerprint density at radius 3 is 2.81 bits per heavy atom. The van der Waals surface area contributed by atoms with Crippen molar-refractivity contribution >= 4 is 5.91 Å². The lowest BCUT2D eigenvalue weighted by Gasteiger charge is -1.94. The maximum Gasteiger partial charge on any atom is 0.273 e. The Hall–Kier alpha value is -2.10. The molecule has 0 aliphatic rings. The van der Waals surface area contributed by atoms with E-state index in [-0.39, 0.29) is 5.91 Å². The van der Waals surface area contributed by atoms with Gasteiger partial charge in [-0.3, -0.25) is 4.79 Å². The fourth-order valence-corrected chi connectivity index (χ4v) is 1.43. The third-order valence-corrected chi connectivity index (χ3v) is 2.24. The molecule has 0 aliphatic heterocycles. The molecule has 0 fully saturated rings. The van der Waals surface area contributed by atoms with Gasteiger partial charge < -0.3 is 9.84 Å². The molecule has 0 bridgehead atoms. The molecule has 2 aromatic rings. The molecule has 16 heavy (non-hydrogen) atoms. The van der Waals surface area contributed by atoms with E-state index in [1.54, 1.807) is 13.1 Å². The Kier molecular flexibility index (Phi) is 3.00. The second-order valence-corrected chi connectivity index (χ2v) is 3.42. The van der Waals surface area contributed by atoms with E-state index in [4.69, 9.17) is 4.52 Å². The van der Waals surface area contributed by atoms with Gasteiger partial charge in [-0.15, -0.1) is 0 Å². The molecule has 0 spiro atoms. The third kappa shape index (κ3) is 2.28. The summed E-state index contributed by atoms with van der Waals surface area (Å²) in [6, 6.07) is 11.5. The van der Waals surface area contributed by atoms with Crippen molar-refractivity contribution in [2.75, 3.05) is 7.05 Å². The van der Waals surface area contributed by atoms with Crippen LogP contribution in [-0.4, -0.2) is 18.1 Å². The Labute approximate surface area is 93.3 Å². The molecule has 82 valence electrons. The molecule has 2 rings (SSSR count). The summed E-state index contributed by atoms with van der Waals surface area (Å²) in [5.74, 6) is 0.452. The lowest BCUT2D eigenvalue weighted by atomic mass is 10.1. The van der Waals surface area contributed by atoms with Gasteiger partial charge in [0, 0.05) is 19.5 Å². The summed E-state index contributed by atoms with van der Waals surface area (Å²) >= 11 is 0. The fourth-order valence-electron chi connectivity index (χ4n) is 1.43. The van der Waals surface area contributed by atoms with E-state index in [0.29, 0.717) is 17.9 Å². The van der Waals surface area contributed by atoms with Gasteiger partial charge in [-0.05, 0) is 5.56 Å². The van der Waals surface area contributed by atoms with E-state index < -0.39 is 0 Å². The maximum atomic E-state index is 11.2. The van der Waals surface area contributed by atoms with Crippen molar-refractivity contribution in [3.8, 4) is 0 Å². The molecule has 0 radical (unpaired) electrons. The van der Waals surface area contributed by atoms with Crippen molar-refractivity contribution in [2.45, 2.75) is 6.42 Å². The number of aromatic nitrogens is 1. The molecule has 1 aromatic heterocycles. The molecule has 1 N–H and O–H groups in total. The molecule has 1 heterocycles. The van der Waals surface area contributed by atoms with Gasteiger partial charge in [0.2, 0.25) is 0 Å². The minimum Gasteiger partial charge on any atom is -0.360 e. The van der Waals surface area contributed by atoms with Crippen molar-refractivity contribution in [1.82, 2.24) is 10.5 Å². The lowest BCUT2D eigenvalue weighted by Crippen LogP contribution is -2.17. The summed E-state index contributed by atoms with van der Waals surface area (Å²) in [7, 11) is 1.56. The van der Waals surface area contributed by atoms with Crippen LogP contribution in [0.2, 0.25) is 0 Å². The first kappa shape index (κ1) is 10.4. The number of carbonyl (C=O) groups excluding carboxylic acids is 1. The Balaban J connectivity index is 2.12. The summed E-state index contributed by atoms with van der Waals surface area (Å²) in [6.45, 7) is 0. The Bertz CT molecular complexity index is 477. The first-order chi connectivity index (χ1) is 7.79. The van der Waals surface area contributed by atoms with E-state index in [2.05, 4.69) is 10.5 Å². The number of nitrogens with one attached hydrogen (secondary N) is 1. The predicted molar refractivity (Wildman–Crippen MR) is 59.1 cm³/mol. The molecule has 4 heteroatoms. The van der Waals surface area contributed by atoms with Gasteiger partial charge >= 0.3 is 0 Å². The lowest BCUT2D eigenvalue weighted by molar-refractivity contribution is 0.0954. The molecule has 0 aliphatic carbocycles. The van der Waals surface area contributed by atoms with E-state index in [9.17, 15) is 4.79 Å². The minimum absolute atomic E-state index is 0.233. The molecule has 1 aromatic carbocycles. The zero-order chi connectivity index (χ0) is 11.4. The van der Waals surface area contributed by atoms with Crippen molar-refractivity contribution in [3.63, 3.8) is 0 Å². The molecule has 1 amide bonds. The second-order valence-electron chi connectivity index (χ2n) is 3.42. The number of hydrogen-bond donors (Lipinski definition) is 1. The molecule has 0 unspecified atom stereocenters. The van der Waals surface area contributed by atoms with Crippen LogP contribution in [-0.2, 0) is 6.42 Å². The highest BCUT2D eigenvalue weighted by Gasteiger charge is 2.10. The van der Waals surface area contributed by atoms with E-state index >= 15 is 0 Å². The number of hydrogen-bond acceptors (Lipinski definition) is 3. The minimum atomic E-state index is -0.233. The van der Waals surface area contributed by atoms with Crippen LogP contribution in [0.3, 0.4) is 0 Å². The quantitative estimate of drug-likeness (QED) is 0.848. The SMILES string of the molecule is CNC(=O)c1cc(Cc2ccccc2)on1. The number of carbonyl (C=O) groups is 1. The van der Waals surface area contributed by atoms with Crippen LogP contribution in [0.15, 0.2) is 40.9 Å². The van der Waals surface area contributed by atoms with Crippen LogP contribution in [0, 0.1) is 0 Å². The number of nitrogens with zero attached hydrogens (tertiary/aromatic N) is 1. The fraction of sp³-hybridized carbons (Fsp3) is 0.167. The van der Waals surface area contributed by atoms with Gasteiger partial charge in [0.1, 0.15) is 5.76 Å². The number of rotatable bonds is 3. The van der Waals surface area contributed by atoms with Gasteiger partial charge in [0.05, 0.1) is 0 Å². The van der Waals surface area contributed by atoms with Crippen LogP contribution in [0.1, 0.15) is 21.8 Å². The van der Waals surface area contributed by atoms with Crippen molar-refractivity contribution in [2.24, 2.45) is 0 Å². The van der Waals surface area contributed by atoms with Crippen LogP contribution >= 0.6 is 0 Å². The van der Waals surface area contributed by atoms with Crippen LogP contribution in [0.4, 0.5) is 0 Å². The predicted octanol–water partition coefficient (Wildman–Crippen LogP) is 1.62. The monoisotopic (exact) mass is 216 g/mol. The highest BCUT2D eigenvalue weighted by Crippen LogP contribution is 2.10. The summed E-state index contributed by atoms with van der Waals surface area (Å²) in [4.78, 5) is 11.2. The third-order valence-electron chi connectivity index (χ3n) is 2.24. The molecular formula is C12H12N2O2. The van der Waals surface area contributed by atoms with E-state index in [1.165, 1.54) is 0 Å². The standard InChI is InChI=1S/C12H12N2O2/c1-13-12(15)11-8-10(16-14-11)7-9-5-3-2-4-6-9/h2-6,8H,7H2,1H3,(H,13,15). The highest BCUT2D eigenvalue weighted by atomic mass is 16.5. The summed E-state index contributed by atoms with van der Waals surface area (Å²) in [5, 5.41) is 6.19. The van der Waals surface area contributed by atoms with E-state index in [0.717, 1.165) is 5.56 Å². The van der Waals surface area contributed by atoms with Crippen LogP contribution in [0.25, 0.3) is 0 Å². The smallest absolute Gasteiger partial charge is 0.273 e. The zero-order valence-electron chi connectivity index (χ0n) is 8.93. The van der Waals surface area contributed by atoms with Crippen molar-refractivity contribution < 1.29 is 9.32 Å². The number of benzene rings is 1. The van der Waals surface area contributed by atoms with Crippen molar-refractivity contribution in [3.05, 3.63) is 53.4 Å². The Morgan fingerprint density at radius 2 is 2.12 bits per heavy atom. The van der Waals surface area contributed by atoms with Gasteiger partial charge in [-0.1, -0.05) is 35.5 Å². The molecule has 0 atom stereocenters. The topological polar surface area (TPSA) is 55.1 Å². The molecular weight excluding hydrogens is 204 g/mol. The van der Waals surface area contributed by atoms with Gasteiger partial charge in [0.15, 0.2) is 5.69 Å². The summed E-state index contributed by atoms with van der Waals surface area (Å²) in [6.07, 6.45) is 0.644. The number of amides is 1. The van der Waals surface area contributed by atoms with Gasteiger partial charge in [-0.25, -0.2) is 0 Å². The summed E-state index contributed by atoms with van der Waals surface area (Å²) < 4.78 is 5.08. The molecule has 0 saturated heterocycles. The zero-order valence-corrected chi connectivity index (χ0v) is 8.93. The largest absolute Gasteiger partial charge is 0.360 e. The first-order valence-corrected chi connectivity index (χ1v) is 5.01. The maximum absolute atomic E-state index is 11.2. The normalized spacial score (nSPS) is 10.1. The van der Waals surface area contributed by atoms with Crippen LogP contribution in [0.5, 0.6) is 0 Å². The molecule has 4 nitrogen and oxygen atoms in total. The van der Waals surface area contributed by atoms with E-state index in [1.807, 2.05) is 30.3 Å². The average Bonchev–Trinajstić information content (AvgIpc) is 2.78. The molecule has 0 saturated carbocycles. The van der Waals surface area contributed by atoms with Gasteiger partial charge in [0.25, 0.3) is 5.91 Å². The van der Waals surface area contributed by atoms with Crippen molar-refractivity contribution in [1.29, 1.82) is 0 Å². The average molecular weight is 216 g/mol. The highest BCUT2D eigenvalue weighted by molar-refractivity contribution is 5.91. The summed E-state index contributed by atoms with van der Waals surface area (Å²) in [5.41, 5.74) is 1.44.